The van der Waals surface area contributed by atoms with Crippen LogP contribution >= 0.6 is 0 Å². The van der Waals surface area contributed by atoms with E-state index < -0.39 is 0 Å². The van der Waals surface area contributed by atoms with Gasteiger partial charge in [0.2, 0.25) is 0 Å². The molecule has 0 fully saturated rings. The average Bonchev–Trinajstić information content (AvgIpc) is 2.86. The Balaban J connectivity index is 1.77. The van der Waals surface area contributed by atoms with Gasteiger partial charge in [-0.1, -0.05) is 13.3 Å². The number of hydrogen-bond donors (Lipinski definition) is 2. The summed E-state index contributed by atoms with van der Waals surface area (Å²) in [5.74, 6) is 1.82. The number of aliphatic hydroxyl groups is 1. The largest absolute Gasteiger partial charge is 0.493 e. The summed E-state index contributed by atoms with van der Waals surface area (Å²) in [5, 5.41) is 12.1. The van der Waals surface area contributed by atoms with Crippen LogP contribution in [0.5, 0.6) is 11.5 Å². The van der Waals surface area contributed by atoms with Gasteiger partial charge in [0.25, 0.3) is 0 Å². The number of hydrogen-bond acceptors (Lipinski definition) is 4. The van der Waals surface area contributed by atoms with Crippen molar-refractivity contribution in [3.63, 3.8) is 0 Å². The summed E-state index contributed by atoms with van der Waals surface area (Å²) in [6.45, 7) is 4.76. The first kappa shape index (κ1) is 15.1. The number of benzene rings is 1. The average molecular weight is 279 g/mol. The Kier molecular flexibility index (Phi) is 6.15. The van der Waals surface area contributed by atoms with Crippen LogP contribution in [0.15, 0.2) is 18.2 Å². The third-order valence-corrected chi connectivity index (χ3v) is 3.54. The van der Waals surface area contributed by atoms with Crippen LogP contribution < -0.4 is 14.8 Å². The Labute approximate surface area is 121 Å². The molecule has 4 nitrogen and oxygen atoms in total. The Morgan fingerprint density at radius 3 is 2.95 bits per heavy atom. The Hall–Kier alpha value is -1.26. The lowest BCUT2D eigenvalue weighted by atomic mass is 10.1. The van der Waals surface area contributed by atoms with Gasteiger partial charge in [0, 0.05) is 18.2 Å². The highest BCUT2D eigenvalue weighted by atomic mass is 16.5. The second-order valence-electron chi connectivity index (χ2n) is 5.11. The minimum atomic E-state index is 0.288. The number of likely N-dealkylation sites (N-methyl/N-ethyl adjacent to an activating group) is 1. The molecule has 0 radical (unpaired) electrons. The molecule has 1 aliphatic heterocycles. The van der Waals surface area contributed by atoms with Crippen molar-refractivity contribution in [3.8, 4) is 11.5 Å². The van der Waals surface area contributed by atoms with E-state index in [1.807, 2.05) is 12.1 Å². The molecule has 20 heavy (non-hydrogen) atoms. The van der Waals surface area contributed by atoms with Crippen LogP contribution in [-0.2, 0) is 0 Å². The lowest BCUT2D eigenvalue weighted by Gasteiger charge is -2.10. The van der Waals surface area contributed by atoms with E-state index in [2.05, 4.69) is 18.3 Å². The molecule has 0 spiro atoms. The van der Waals surface area contributed by atoms with Crippen molar-refractivity contribution in [1.29, 1.82) is 0 Å². The second-order valence-corrected chi connectivity index (χ2v) is 5.11. The third-order valence-electron chi connectivity index (χ3n) is 3.54. The molecule has 1 aromatic carbocycles. The number of nitrogens with one attached hydrogen (secondary N) is 1. The van der Waals surface area contributed by atoms with Gasteiger partial charge in [-0.05, 0) is 37.9 Å². The summed E-state index contributed by atoms with van der Waals surface area (Å²) in [6.07, 6.45) is 4.08. The number of ether oxygens (including phenoxy) is 2. The van der Waals surface area contributed by atoms with E-state index >= 15 is 0 Å². The first-order chi connectivity index (χ1) is 9.85. The predicted octanol–water partition coefficient (Wildman–Crippen LogP) is 2.66. The van der Waals surface area contributed by atoms with Crippen LogP contribution in [0.25, 0.3) is 0 Å². The maximum atomic E-state index is 8.70. The molecule has 0 bridgehead atoms. The van der Waals surface area contributed by atoms with E-state index in [9.17, 15) is 0 Å². The Morgan fingerprint density at radius 1 is 1.30 bits per heavy atom. The monoisotopic (exact) mass is 279 g/mol. The summed E-state index contributed by atoms with van der Waals surface area (Å²) in [6, 6.07) is 6.41. The Bertz CT molecular complexity index is 409. The summed E-state index contributed by atoms with van der Waals surface area (Å²) in [4.78, 5) is 0. The fraction of sp³-hybridized carbons (Fsp3) is 0.625. The van der Waals surface area contributed by atoms with E-state index in [4.69, 9.17) is 14.6 Å². The fourth-order valence-corrected chi connectivity index (χ4v) is 2.45. The van der Waals surface area contributed by atoms with Crippen molar-refractivity contribution >= 4 is 0 Å². The van der Waals surface area contributed by atoms with Crippen LogP contribution in [0.1, 0.15) is 44.2 Å². The molecule has 112 valence electrons. The van der Waals surface area contributed by atoms with E-state index in [1.54, 1.807) is 0 Å². The van der Waals surface area contributed by atoms with Gasteiger partial charge in [-0.25, -0.2) is 0 Å². The van der Waals surface area contributed by atoms with E-state index in [-0.39, 0.29) is 6.61 Å². The van der Waals surface area contributed by atoms with Crippen molar-refractivity contribution < 1.29 is 14.6 Å². The van der Waals surface area contributed by atoms with E-state index in [0.717, 1.165) is 50.3 Å². The minimum absolute atomic E-state index is 0.288. The van der Waals surface area contributed by atoms with Gasteiger partial charge in [-0.2, -0.15) is 0 Å². The molecule has 1 atom stereocenters. The second kappa shape index (κ2) is 8.12. The molecular formula is C16H25NO3. The zero-order chi connectivity index (χ0) is 14.2. The van der Waals surface area contributed by atoms with Gasteiger partial charge in [0.1, 0.15) is 18.1 Å². The van der Waals surface area contributed by atoms with Crippen molar-refractivity contribution in [1.82, 2.24) is 5.32 Å². The SMILES string of the molecule is CCNC1COc2cc(OCCCCCCO)ccc21. The first-order valence-corrected chi connectivity index (χ1v) is 7.59. The highest BCUT2D eigenvalue weighted by molar-refractivity contribution is 5.45. The summed E-state index contributed by atoms with van der Waals surface area (Å²) in [5.41, 5.74) is 1.22. The molecule has 0 saturated heterocycles. The number of rotatable bonds is 9. The normalized spacial score (nSPS) is 16.8. The van der Waals surface area contributed by atoms with E-state index in [0.29, 0.717) is 12.6 Å². The van der Waals surface area contributed by atoms with Gasteiger partial charge in [-0.15, -0.1) is 0 Å². The smallest absolute Gasteiger partial charge is 0.127 e. The molecule has 4 heteroatoms. The molecule has 0 aliphatic carbocycles. The number of unbranched alkanes of at least 4 members (excludes halogenated alkanes) is 3. The molecule has 1 aliphatic rings. The van der Waals surface area contributed by atoms with Crippen LogP contribution in [0.3, 0.4) is 0 Å². The van der Waals surface area contributed by atoms with Crippen LogP contribution in [0, 0.1) is 0 Å². The third kappa shape index (κ3) is 4.12. The fourth-order valence-electron chi connectivity index (χ4n) is 2.45. The zero-order valence-electron chi connectivity index (χ0n) is 12.2. The maximum Gasteiger partial charge on any atom is 0.127 e. The van der Waals surface area contributed by atoms with Gasteiger partial charge in [-0.3, -0.25) is 0 Å². The molecule has 0 amide bonds. The summed E-state index contributed by atoms with van der Waals surface area (Å²) in [7, 11) is 0. The predicted molar refractivity (Wildman–Crippen MR) is 79.4 cm³/mol. The van der Waals surface area contributed by atoms with Crippen molar-refractivity contribution in [2.24, 2.45) is 0 Å². The quantitative estimate of drug-likeness (QED) is 0.682. The lowest BCUT2D eigenvalue weighted by Crippen LogP contribution is -2.21. The highest BCUT2D eigenvalue weighted by Crippen LogP contribution is 2.35. The standard InChI is InChI=1S/C16H25NO3/c1-2-17-15-12-20-16-11-13(7-8-14(15)16)19-10-6-4-3-5-9-18/h7-8,11,15,17-18H,2-6,9-10,12H2,1H3. The number of aliphatic hydroxyl groups excluding tert-OH is 1. The molecule has 2 N–H and O–H groups in total. The van der Waals surface area contributed by atoms with Gasteiger partial charge < -0.3 is 19.9 Å². The number of fused-ring (bicyclic) bond motifs is 1. The maximum absolute atomic E-state index is 8.70. The zero-order valence-corrected chi connectivity index (χ0v) is 12.2. The summed E-state index contributed by atoms with van der Waals surface area (Å²) < 4.78 is 11.4. The van der Waals surface area contributed by atoms with Crippen molar-refractivity contribution in [3.05, 3.63) is 23.8 Å². The minimum Gasteiger partial charge on any atom is -0.493 e. The molecule has 0 aromatic heterocycles. The molecule has 1 unspecified atom stereocenters. The van der Waals surface area contributed by atoms with Crippen molar-refractivity contribution in [2.75, 3.05) is 26.4 Å². The first-order valence-electron chi connectivity index (χ1n) is 7.59. The molecule has 1 heterocycles. The molecule has 0 saturated carbocycles. The van der Waals surface area contributed by atoms with Crippen LogP contribution in [-0.4, -0.2) is 31.5 Å². The Morgan fingerprint density at radius 2 is 2.15 bits per heavy atom. The molecule has 2 rings (SSSR count). The lowest BCUT2D eigenvalue weighted by molar-refractivity contribution is 0.272. The highest BCUT2D eigenvalue weighted by Gasteiger charge is 2.23. The van der Waals surface area contributed by atoms with Gasteiger partial charge in [0.15, 0.2) is 0 Å². The van der Waals surface area contributed by atoms with Crippen molar-refractivity contribution in [2.45, 2.75) is 38.6 Å². The van der Waals surface area contributed by atoms with Gasteiger partial charge in [0.05, 0.1) is 12.6 Å². The van der Waals surface area contributed by atoms with Crippen LogP contribution in [0.4, 0.5) is 0 Å². The topological polar surface area (TPSA) is 50.7 Å². The van der Waals surface area contributed by atoms with Gasteiger partial charge >= 0.3 is 0 Å². The summed E-state index contributed by atoms with van der Waals surface area (Å²) >= 11 is 0. The molecule has 1 aromatic rings. The van der Waals surface area contributed by atoms with E-state index in [1.165, 1.54) is 5.56 Å². The molecular weight excluding hydrogens is 254 g/mol. The van der Waals surface area contributed by atoms with Crippen LogP contribution in [0.2, 0.25) is 0 Å².